The lowest BCUT2D eigenvalue weighted by Crippen LogP contribution is -2.16. The van der Waals surface area contributed by atoms with Crippen molar-refractivity contribution in [2.75, 3.05) is 4.72 Å². The Hall–Kier alpha value is -1.38. The molecule has 0 saturated carbocycles. The van der Waals surface area contributed by atoms with E-state index in [0.717, 1.165) is 10.0 Å². The molecule has 0 spiro atoms. The normalized spacial score (nSPS) is 11.5. The molecule has 2 aromatic rings. The number of nitrogens with two attached hydrogens (primary N) is 1. The molecule has 0 radical (unpaired) electrons. The standard InChI is InChI=1S/C11H13BrN4O2S/c1-7-9(12)3-2-4-10(7)16-19(17,18)11-8(5-13)6-14-15-11/h2-4,6,16H,5,13H2,1H3,(H,14,15). The fourth-order valence-electron chi connectivity index (χ4n) is 1.59. The quantitative estimate of drug-likeness (QED) is 0.786. The van der Waals surface area contributed by atoms with Crippen LogP contribution in [0, 0.1) is 6.92 Å². The van der Waals surface area contributed by atoms with E-state index < -0.39 is 10.0 Å². The van der Waals surface area contributed by atoms with E-state index in [2.05, 4.69) is 30.8 Å². The molecule has 0 aliphatic rings. The van der Waals surface area contributed by atoms with E-state index in [1.807, 2.05) is 13.0 Å². The predicted molar refractivity (Wildman–Crippen MR) is 76.2 cm³/mol. The molecule has 0 amide bonds. The first kappa shape index (κ1) is 14.0. The summed E-state index contributed by atoms with van der Waals surface area (Å²) in [6.07, 6.45) is 1.41. The number of benzene rings is 1. The van der Waals surface area contributed by atoms with Crippen LogP contribution in [0.2, 0.25) is 0 Å². The number of aromatic nitrogens is 2. The van der Waals surface area contributed by atoms with Crippen molar-refractivity contribution in [2.24, 2.45) is 5.73 Å². The third-order valence-corrected chi connectivity index (χ3v) is 4.92. The van der Waals surface area contributed by atoms with Crippen LogP contribution < -0.4 is 10.5 Å². The molecule has 19 heavy (non-hydrogen) atoms. The first-order valence-electron chi connectivity index (χ1n) is 5.46. The molecule has 0 bridgehead atoms. The van der Waals surface area contributed by atoms with Crippen molar-refractivity contribution in [1.82, 2.24) is 10.2 Å². The van der Waals surface area contributed by atoms with E-state index >= 15 is 0 Å². The third kappa shape index (κ3) is 2.80. The first-order valence-corrected chi connectivity index (χ1v) is 7.73. The van der Waals surface area contributed by atoms with Gasteiger partial charge < -0.3 is 5.73 Å². The summed E-state index contributed by atoms with van der Waals surface area (Å²) in [6, 6.07) is 5.29. The highest BCUT2D eigenvalue weighted by molar-refractivity contribution is 9.10. The van der Waals surface area contributed by atoms with Crippen molar-refractivity contribution in [3.8, 4) is 0 Å². The van der Waals surface area contributed by atoms with E-state index in [1.54, 1.807) is 12.1 Å². The zero-order chi connectivity index (χ0) is 14.0. The lowest BCUT2D eigenvalue weighted by Gasteiger charge is -2.11. The number of H-pyrrole nitrogens is 1. The van der Waals surface area contributed by atoms with Gasteiger partial charge in [-0.25, -0.2) is 0 Å². The molecule has 2 rings (SSSR count). The number of sulfonamides is 1. The Kier molecular flexibility index (Phi) is 3.93. The van der Waals surface area contributed by atoms with Gasteiger partial charge in [0, 0.05) is 16.6 Å². The van der Waals surface area contributed by atoms with Gasteiger partial charge in [-0.3, -0.25) is 9.82 Å². The van der Waals surface area contributed by atoms with Crippen LogP contribution in [-0.2, 0) is 16.6 Å². The minimum atomic E-state index is -3.72. The summed E-state index contributed by atoms with van der Waals surface area (Å²) in [5, 5.41) is 6.16. The number of aromatic amines is 1. The van der Waals surface area contributed by atoms with E-state index in [4.69, 9.17) is 5.73 Å². The molecule has 0 aliphatic heterocycles. The minimum Gasteiger partial charge on any atom is -0.326 e. The number of anilines is 1. The molecule has 6 nitrogen and oxygen atoms in total. The molecule has 1 heterocycles. The van der Waals surface area contributed by atoms with Crippen molar-refractivity contribution in [1.29, 1.82) is 0 Å². The molecule has 0 fully saturated rings. The Balaban J connectivity index is 2.40. The molecule has 0 aliphatic carbocycles. The second-order valence-electron chi connectivity index (χ2n) is 3.95. The Labute approximate surface area is 119 Å². The third-order valence-electron chi connectivity index (χ3n) is 2.68. The SMILES string of the molecule is Cc1c(Br)cccc1NS(=O)(=O)c1[nH]ncc1CN. The molecule has 0 unspecified atom stereocenters. The highest BCUT2D eigenvalue weighted by Crippen LogP contribution is 2.26. The maximum absolute atomic E-state index is 12.3. The molecule has 4 N–H and O–H groups in total. The highest BCUT2D eigenvalue weighted by atomic mass is 79.9. The van der Waals surface area contributed by atoms with Crippen LogP contribution in [0.5, 0.6) is 0 Å². The zero-order valence-corrected chi connectivity index (χ0v) is 12.5. The summed E-state index contributed by atoms with van der Waals surface area (Å²) in [7, 11) is -3.72. The Bertz CT molecular complexity index is 696. The lowest BCUT2D eigenvalue weighted by molar-refractivity contribution is 0.595. The summed E-state index contributed by atoms with van der Waals surface area (Å²) in [4.78, 5) is 0. The maximum Gasteiger partial charge on any atom is 0.279 e. The Morgan fingerprint density at radius 2 is 2.21 bits per heavy atom. The molecule has 102 valence electrons. The van der Waals surface area contributed by atoms with E-state index in [1.165, 1.54) is 6.20 Å². The Morgan fingerprint density at radius 1 is 1.47 bits per heavy atom. The van der Waals surface area contributed by atoms with Crippen molar-refractivity contribution in [3.05, 3.63) is 40.0 Å². The molecule has 1 aromatic carbocycles. The number of nitrogens with one attached hydrogen (secondary N) is 2. The van der Waals surface area contributed by atoms with Crippen molar-refractivity contribution < 1.29 is 8.42 Å². The Morgan fingerprint density at radius 3 is 2.89 bits per heavy atom. The minimum absolute atomic E-state index is 0.00521. The van der Waals surface area contributed by atoms with Gasteiger partial charge in [0.1, 0.15) is 0 Å². The van der Waals surface area contributed by atoms with Gasteiger partial charge in [-0.05, 0) is 24.6 Å². The number of hydrogen-bond acceptors (Lipinski definition) is 4. The molecule has 0 atom stereocenters. The fourth-order valence-corrected chi connectivity index (χ4v) is 3.22. The average molecular weight is 345 g/mol. The van der Waals surface area contributed by atoms with E-state index in [0.29, 0.717) is 11.3 Å². The summed E-state index contributed by atoms with van der Waals surface area (Å²) in [5.41, 5.74) is 7.24. The number of halogens is 1. The lowest BCUT2D eigenvalue weighted by atomic mass is 10.2. The number of hydrogen-bond donors (Lipinski definition) is 3. The monoisotopic (exact) mass is 344 g/mol. The van der Waals surface area contributed by atoms with Crippen LogP contribution in [0.3, 0.4) is 0 Å². The van der Waals surface area contributed by atoms with Gasteiger partial charge >= 0.3 is 0 Å². The van der Waals surface area contributed by atoms with Crippen molar-refractivity contribution in [3.63, 3.8) is 0 Å². The van der Waals surface area contributed by atoms with Crippen LogP contribution in [-0.4, -0.2) is 18.6 Å². The fraction of sp³-hybridized carbons (Fsp3) is 0.182. The number of rotatable bonds is 4. The summed E-state index contributed by atoms with van der Waals surface area (Å²) >= 11 is 3.36. The molecule has 8 heteroatoms. The average Bonchev–Trinajstić information content (AvgIpc) is 2.84. The van der Waals surface area contributed by atoms with Gasteiger partial charge in [-0.2, -0.15) is 13.5 Å². The molecular formula is C11H13BrN4O2S. The van der Waals surface area contributed by atoms with Crippen LogP contribution in [0.4, 0.5) is 5.69 Å². The largest absolute Gasteiger partial charge is 0.326 e. The topological polar surface area (TPSA) is 101 Å². The summed E-state index contributed by atoms with van der Waals surface area (Å²) in [5.74, 6) is 0. The predicted octanol–water partition coefficient (Wildman–Crippen LogP) is 1.74. The molecule has 0 saturated heterocycles. The number of nitrogens with zero attached hydrogens (tertiary/aromatic N) is 1. The van der Waals surface area contributed by atoms with Gasteiger partial charge in [0.05, 0.1) is 11.9 Å². The van der Waals surface area contributed by atoms with Gasteiger partial charge in [-0.1, -0.05) is 22.0 Å². The van der Waals surface area contributed by atoms with Gasteiger partial charge in [-0.15, -0.1) is 0 Å². The van der Waals surface area contributed by atoms with Gasteiger partial charge in [0.2, 0.25) is 0 Å². The summed E-state index contributed by atoms with van der Waals surface area (Å²) in [6.45, 7) is 1.92. The first-order chi connectivity index (χ1) is 8.95. The van der Waals surface area contributed by atoms with Gasteiger partial charge in [0.25, 0.3) is 10.0 Å². The van der Waals surface area contributed by atoms with E-state index in [9.17, 15) is 8.42 Å². The van der Waals surface area contributed by atoms with Crippen LogP contribution in [0.15, 0.2) is 33.9 Å². The van der Waals surface area contributed by atoms with Gasteiger partial charge in [0.15, 0.2) is 5.03 Å². The smallest absolute Gasteiger partial charge is 0.279 e. The zero-order valence-electron chi connectivity index (χ0n) is 10.1. The summed E-state index contributed by atoms with van der Waals surface area (Å²) < 4.78 is 27.9. The van der Waals surface area contributed by atoms with E-state index in [-0.39, 0.29) is 11.6 Å². The second kappa shape index (κ2) is 5.32. The highest BCUT2D eigenvalue weighted by Gasteiger charge is 2.21. The van der Waals surface area contributed by atoms with Crippen molar-refractivity contribution >= 4 is 31.6 Å². The second-order valence-corrected chi connectivity index (χ2v) is 6.42. The molecule has 1 aromatic heterocycles. The van der Waals surface area contributed by atoms with Crippen LogP contribution in [0.1, 0.15) is 11.1 Å². The van der Waals surface area contributed by atoms with Crippen LogP contribution >= 0.6 is 15.9 Å². The molecular weight excluding hydrogens is 332 g/mol. The maximum atomic E-state index is 12.3. The van der Waals surface area contributed by atoms with Crippen molar-refractivity contribution in [2.45, 2.75) is 18.5 Å². The van der Waals surface area contributed by atoms with Crippen LogP contribution in [0.25, 0.3) is 0 Å².